The maximum absolute atomic E-state index is 13.7. The molecule has 2 aromatic rings. The minimum Gasteiger partial charge on any atom is -0.380 e. The van der Waals surface area contributed by atoms with Crippen molar-refractivity contribution in [3.8, 4) is 0 Å². The van der Waals surface area contributed by atoms with Crippen LogP contribution in [0.5, 0.6) is 0 Å². The van der Waals surface area contributed by atoms with E-state index in [2.05, 4.69) is 10.5 Å². The smallest absolute Gasteiger partial charge is 0.259 e. The molecule has 1 aliphatic heterocycles. The van der Waals surface area contributed by atoms with Crippen LogP contribution >= 0.6 is 0 Å². The number of nitrogens with one attached hydrogen (secondary N) is 1. The number of nitrogens with zero attached hydrogens (tertiary/aromatic N) is 2. The number of carbonyl (C=O) groups excluding carboxylic acids is 1. The lowest BCUT2D eigenvalue weighted by atomic mass is 10.0. The Bertz CT molecular complexity index is 733. The number of hydrogen-bond donors (Lipinski definition) is 1. The number of halogens is 1. The van der Waals surface area contributed by atoms with E-state index in [4.69, 9.17) is 4.52 Å². The molecule has 2 heterocycles. The maximum atomic E-state index is 13.7. The van der Waals surface area contributed by atoms with E-state index < -0.39 is 0 Å². The van der Waals surface area contributed by atoms with Gasteiger partial charge in [0.2, 0.25) is 0 Å². The molecule has 1 aromatic carbocycles. The summed E-state index contributed by atoms with van der Waals surface area (Å²) in [5.41, 5.74) is 1.95. The highest BCUT2D eigenvalue weighted by Gasteiger charge is 2.34. The van der Waals surface area contributed by atoms with Crippen LogP contribution < -0.4 is 5.32 Å². The average molecular weight is 329 g/mol. The molecular weight excluding hydrogens is 309 g/mol. The van der Waals surface area contributed by atoms with Gasteiger partial charge in [0, 0.05) is 25.0 Å². The normalized spacial score (nSPS) is 18.6. The lowest BCUT2D eigenvalue weighted by Crippen LogP contribution is -2.42. The van der Waals surface area contributed by atoms with E-state index in [1.165, 1.54) is 12.3 Å². The van der Waals surface area contributed by atoms with Crippen molar-refractivity contribution in [3.63, 3.8) is 0 Å². The first kappa shape index (κ1) is 15.2. The number of amides is 1. The molecule has 5 nitrogen and oxygen atoms in total. The zero-order chi connectivity index (χ0) is 16.5. The summed E-state index contributed by atoms with van der Waals surface area (Å²) in [6.07, 6.45) is 5.23. The van der Waals surface area contributed by atoms with Crippen LogP contribution in [-0.4, -0.2) is 35.1 Å². The molecule has 1 amide bonds. The predicted octanol–water partition coefficient (Wildman–Crippen LogP) is 3.41. The molecule has 126 valence electrons. The van der Waals surface area contributed by atoms with Gasteiger partial charge >= 0.3 is 0 Å². The zero-order valence-electron chi connectivity index (χ0n) is 13.4. The van der Waals surface area contributed by atoms with Crippen LogP contribution in [0.15, 0.2) is 35.1 Å². The highest BCUT2D eigenvalue weighted by Crippen LogP contribution is 2.41. The average Bonchev–Trinajstić information content (AvgIpc) is 3.34. The first-order chi connectivity index (χ1) is 11.7. The fourth-order valence-electron chi connectivity index (χ4n) is 3.25. The molecule has 0 bridgehead atoms. The molecule has 0 spiro atoms. The maximum Gasteiger partial charge on any atom is 0.259 e. The first-order valence-corrected chi connectivity index (χ1v) is 8.47. The number of likely N-dealkylation sites (tertiary alicyclic amines) is 1. The van der Waals surface area contributed by atoms with Crippen LogP contribution in [0.1, 0.15) is 47.7 Å². The topological polar surface area (TPSA) is 58.4 Å². The summed E-state index contributed by atoms with van der Waals surface area (Å²) >= 11 is 0. The van der Waals surface area contributed by atoms with E-state index in [0.29, 0.717) is 30.3 Å². The third-order valence-electron chi connectivity index (χ3n) is 4.81. The monoisotopic (exact) mass is 329 g/mol. The Kier molecular flexibility index (Phi) is 3.96. The van der Waals surface area contributed by atoms with Gasteiger partial charge in [0.25, 0.3) is 5.91 Å². The molecule has 1 aliphatic carbocycles. The van der Waals surface area contributed by atoms with Gasteiger partial charge in [-0.3, -0.25) is 4.79 Å². The van der Waals surface area contributed by atoms with Crippen molar-refractivity contribution in [1.82, 2.24) is 10.1 Å². The number of para-hydroxylation sites is 1. The molecule has 4 rings (SSSR count). The second kappa shape index (κ2) is 6.26. The zero-order valence-corrected chi connectivity index (χ0v) is 13.4. The molecule has 1 N–H and O–H groups in total. The highest BCUT2D eigenvalue weighted by atomic mass is 19.1. The molecule has 1 aromatic heterocycles. The highest BCUT2D eigenvalue weighted by molar-refractivity contribution is 5.95. The summed E-state index contributed by atoms with van der Waals surface area (Å²) in [6, 6.07) is 6.86. The van der Waals surface area contributed by atoms with Crippen LogP contribution in [0.2, 0.25) is 0 Å². The molecule has 0 unspecified atom stereocenters. The molecule has 2 fully saturated rings. The van der Waals surface area contributed by atoms with E-state index in [9.17, 15) is 9.18 Å². The van der Waals surface area contributed by atoms with Gasteiger partial charge in [0.05, 0.1) is 11.4 Å². The van der Waals surface area contributed by atoms with Crippen molar-refractivity contribution >= 4 is 11.6 Å². The Morgan fingerprint density at radius 3 is 2.67 bits per heavy atom. The SMILES string of the molecule is O=C(c1conc1C1CC1)N1CCC(Nc2ccccc2F)CC1. The van der Waals surface area contributed by atoms with E-state index in [-0.39, 0.29) is 17.8 Å². The third kappa shape index (κ3) is 3.00. The van der Waals surface area contributed by atoms with Gasteiger partial charge in [-0.1, -0.05) is 17.3 Å². The minimum absolute atomic E-state index is 0.00231. The van der Waals surface area contributed by atoms with Crippen LogP contribution in [0, 0.1) is 5.82 Å². The van der Waals surface area contributed by atoms with Crippen molar-refractivity contribution in [2.24, 2.45) is 0 Å². The predicted molar refractivity (Wildman–Crippen MR) is 87.4 cm³/mol. The summed E-state index contributed by atoms with van der Waals surface area (Å²) in [7, 11) is 0. The molecule has 6 heteroatoms. The molecular formula is C18H20FN3O2. The Labute approximate surface area is 139 Å². The molecule has 24 heavy (non-hydrogen) atoms. The molecule has 0 radical (unpaired) electrons. The van der Waals surface area contributed by atoms with Crippen molar-refractivity contribution in [2.45, 2.75) is 37.6 Å². The summed E-state index contributed by atoms with van der Waals surface area (Å²) < 4.78 is 18.7. The number of aromatic nitrogens is 1. The second-order valence-corrected chi connectivity index (χ2v) is 6.58. The lowest BCUT2D eigenvalue weighted by Gasteiger charge is -2.32. The third-order valence-corrected chi connectivity index (χ3v) is 4.81. The largest absolute Gasteiger partial charge is 0.380 e. The first-order valence-electron chi connectivity index (χ1n) is 8.47. The van der Waals surface area contributed by atoms with Crippen molar-refractivity contribution in [1.29, 1.82) is 0 Å². The van der Waals surface area contributed by atoms with Gasteiger partial charge in [-0.15, -0.1) is 0 Å². The van der Waals surface area contributed by atoms with Gasteiger partial charge < -0.3 is 14.7 Å². The van der Waals surface area contributed by atoms with Crippen molar-refractivity contribution < 1.29 is 13.7 Å². The number of hydrogen-bond acceptors (Lipinski definition) is 4. The summed E-state index contributed by atoms with van der Waals surface area (Å²) in [6.45, 7) is 1.31. The fourth-order valence-corrected chi connectivity index (χ4v) is 3.25. The van der Waals surface area contributed by atoms with Crippen LogP contribution in [0.3, 0.4) is 0 Å². The van der Waals surface area contributed by atoms with Crippen LogP contribution in [0.25, 0.3) is 0 Å². The lowest BCUT2D eigenvalue weighted by molar-refractivity contribution is 0.0716. The number of anilines is 1. The van der Waals surface area contributed by atoms with Gasteiger partial charge in [-0.2, -0.15) is 0 Å². The fraction of sp³-hybridized carbons (Fsp3) is 0.444. The summed E-state index contributed by atoms with van der Waals surface area (Å²) in [5, 5.41) is 7.24. The van der Waals surface area contributed by atoms with Crippen LogP contribution in [0.4, 0.5) is 10.1 Å². The van der Waals surface area contributed by atoms with E-state index >= 15 is 0 Å². The van der Waals surface area contributed by atoms with E-state index in [1.807, 2.05) is 11.0 Å². The van der Waals surface area contributed by atoms with Crippen molar-refractivity contribution in [2.75, 3.05) is 18.4 Å². The van der Waals surface area contributed by atoms with Crippen molar-refractivity contribution in [3.05, 3.63) is 47.6 Å². The standard InChI is InChI=1S/C18H20FN3O2/c19-15-3-1-2-4-16(15)20-13-7-9-22(10-8-13)18(23)14-11-24-21-17(14)12-5-6-12/h1-4,11-13,20H,5-10H2. The van der Waals surface area contributed by atoms with Gasteiger partial charge in [-0.25, -0.2) is 4.39 Å². The Balaban J connectivity index is 1.36. The molecule has 2 aliphatic rings. The second-order valence-electron chi connectivity index (χ2n) is 6.58. The van der Waals surface area contributed by atoms with Crippen LogP contribution in [-0.2, 0) is 0 Å². The molecule has 1 saturated carbocycles. The van der Waals surface area contributed by atoms with Gasteiger partial charge in [-0.05, 0) is 37.8 Å². The number of benzene rings is 1. The molecule has 1 saturated heterocycles. The summed E-state index contributed by atoms with van der Waals surface area (Å²) in [5.74, 6) is 0.153. The Morgan fingerprint density at radius 1 is 1.21 bits per heavy atom. The quantitative estimate of drug-likeness (QED) is 0.934. The van der Waals surface area contributed by atoms with E-state index in [0.717, 1.165) is 31.4 Å². The Morgan fingerprint density at radius 2 is 1.96 bits per heavy atom. The number of rotatable bonds is 4. The summed E-state index contributed by atoms with van der Waals surface area (Å²) in [4.78, 5) is 14.5. The molecule has 0 atom stereocenters. The minimum atomic E-state index is -0.241. The van der Waals surface area contributed by atoms with Gasteiger partial charge in [0.15, 0.2) is 0 Å². The Hall–Kier alpha value is -2.37. The van der Waals surface area contributed by atoms with Gasteiger partial charge in [0.1, 0.15) is 17.6 Å². The number of carbonyl (C=O) groups is 1. The van der Waals surface area contributed by atoms with E-state index in [1.54, 1.807) is 12.1 Å². The number of piperidine rings is 1.